The summed E-state index contributed by atoms with van der Waals surface area (Å²) in [7, 11) is 0. The summed E-state index contributed by atoms with van der Waals surface area (Å²) >= 11 is 6.27. The smallest absolute Gasteiger partial charge is 0.254 e. The minimum absolute atomic E-state index is 0.142. The molecular weight excluding hydrogens is 468 g/mol. The number of hydrogen-bond acceptors (Lipinski definition) is 5. The van der Waals surface area contributed by atoms with Gasteiger partial charge < -0.3 is 25.2 Å². The van der Waals surface area contributed by atoms with E-state index in [1.165, 1.54) is 0 Å². The van der Waals surface area contributed by atoms with Crippen LogP contribution in [0, 0.1) is 5.92 Å². The molecule has 3 N–H and O–H groups in total. The molecule has 0 radical (unpaired) electrons. The Morgan fingerprint density at radius 3 is 2.60 bits per heavy atom. The summed E-state index contributed by atoms with van der Waals surface area (Å²) in [5.41, 5.74) is 2.11. The number of hydrogen-bond donors (Lipinski definition) is 3. The summed E-state index contributed by atoms with van der Waals surface area (Å²) in [6, 6.07) is 12.9. The first-order valence-electron chi connectivity index (χ1n) is 11.7. The molecule has 5 rings (SSSR count). The number of allylic oxidation sites excluding steroid dienone is 2. The number of carbonyl (C=O) groups excluding carboxylic acids is 2. The number of amides is 2. The number of aliphatic hydroxyl groups is 1. The average molecular weight is 495 g/mol. The number of aliphatic hydroxyl groups excluding tert-OH is 1. The zero-order valence-electron chi connectivity index (χ0n) is 19.0. The molecule has 2 aliphatic heterocycles. The number of nitrogens with zero attached hydrogens (tertiary/aromatic N) is 1. The number of fused-ring (bicyclic) bond motifs is 1. The van der Waals surface area contributed by atoms with Gasteiger partial charge in [0.15, 0.2) is 0 Å². The number of carbonyl (C=O) groups is 2. The standard InChI is InChI=1S/C27H27ClN2O5/c28-18-8-7-17(13-18)25-24(26(33)29-12-11-16-5-9-19(31)10-6-16)20-3-1-2-4-21(20)27(34)30(25)22-14-35-15-23(22)32/h1-10,13,17,22-25,31-32H,11-12,14-15H2,(H,29,33). The molecule has 2 aromatic carbocycles. The third-order valence-corrected chi connectivity index (χ3v) is 7.21. The number of nitrogens with one attached hydrogen (secondary N) is 1. The minimum atomic E-state index is -0.838. The number of benzene rings is 2. The van der Waals surface area contributed by atoms with Crippen LogP contribution >= 0.6 is 11.6 Å². The molecule has 1 fully saturated rings. The second kappa shape index (κ2) is 9.85. The molecule has 35 heavy (non-hydrogen) atoms. The van der Waals surface area contributed by atoms with Crippen LogP contribution in [-0.2, 0) is 16.0 Å². The number of halogens is 1. The van der Waals surface area contributed by atoms with E-state index in [2.05, 4.69) is 5.32 Å². The Morgan fingerprint density at radius 1 is 1.14 bits per heavy atom. The van der Waals surface area contributed by atoms with Gasteiger partial charge in [0.05, 0.1) is 37.3 Å². The Kier molecular flexibility index (Phi) is 6.65. The quantitative estimate of drug-likeness (QED) is 0.573. The van der Waals surface area contributed by atoms with Gasteiger partial charge in [0.2, 0.25) is 5.91 Å². The summed E-state index contributed by atoms with van der Waals surface area (Å²) in [5, 5.41) is 23.7. The number of phenols is 1. The molecule has 8 heteroatoms. The van der Waals surface area contributed by atoms with Gasteiger partial charge in [-0.15, -0.1) is 0 Å². The van der Waals surface area contributed by atoms with E-state index in [-0.39, 0.29) is 36.7 Å². The summed E-state index contributed by atoms with van der Waals surface area (Å²) in [6.07, 6.45) is 5.28. The van der Waals surface area contributed by atoms with E-state index in [0.29, 0.717) is 29.1 Å². The Balaban J connectivity index is 1.48. The molecule has 2 amide bonds. The van der Waals surface area contributed by atoms with Crippen LogP contribution in [0.25, 0.3) is 0 Å². The molecule has 3 aliphatic rings. The Hall–Kier alpha value is -3.13. The second-order valence-corrected chi connectivity index (χ2v) is 9.57. The number of aromatic hydroxyl groups is 1. The first-order chi connectivity index (χ1) is 16.9. The SMILES string of the molecule is O=C(NCCc1ccc(O)cc1)C1c2ccccc2C(=O)N(C2COCC2O)C1C1C=CC(Cl)=C1. The molecule has 7 nitrogen and oxygen atoms in total. The Morgan fingerprint density at radius 2 is 1.91 bits per heavy atom. The predicted octanol–water partition coefficient (Wildman–Crippen LogP) is 2.73. The van der Waals surface area contributed by atoms with Gasteiger partial charge in [-0.1, -0.05) is 54.1 Å². The van der Waals surface area contributed by atoms with Gasteiger partial charge in [-0.3, -0.25) is 9.59 Å². The Bertz CT molecular complexity index is 1180. The van der Waals surface area contributed by atoms with Crippen molar-refractivity contribution in [1.29, 1.82) is 0 Å². The molecule has 1 aliphatic carbocycles. The van der Waals surface area contributed by atoms with Crippen LogP contribution in [0.1, 0.15) is 27.4 Å². The van der Waals surface area contributed by atoms with Gasteiger partial charge in [-0.2, -0.15) is 0 Å². The molecule has 0 saturated carbocycles. The van der Waals surface area contributed by atoms with E-state index in [1.54, 1.807) is 35.2 Å². The molecule has 2 heterocycles. The van der Waals surface area contributed by atoms with Crippen molar-refractivity contribution in [3.8, 4) is 5.75 Å². The highest BCUT2D eigenvalue weighted by atomic mass is 35.5. The van der Waals surface area contributed by atoms with Crippen molar-refractivity contribution in [2.24, 2.45) is 5.92 Å². The van der Waals surface area contributed by atoms with Crippen LogP contribution in [0.2, 0.25) is 0 Å². The van der Waals surface area contributed by atoms with Crippen molar-refractivity contribution < 1.29 is 24.5 Å². The third kappa shape index (κ3) is 4.59. The van der Waals surface area contributed by atoms with Crippen LogP contribution in [0.15, 0.2) is 71.8 Å². The molecule has 0 spiro atoms. The van der Waals surface area contributed by atoms with Gasteiger partial charge >= 0.3 is 0 Å². The topological polar surface area (TPSA) is 99.1 Å². The maximum Gasteiger partial charge on any atom is 0.254 e. The summed E-state index contributed by atoms with van der Waals surface area (Å²) in [5.74, 6) is -1.18. The van der Waals surface area contributed by atoms with Crippen molar-refractivity contribution in [1.82, 2.24) is 10.2 Å². The second-order valence-electron chi connectivity index (χ2n) is 9.14. The van der Waals surface area contributed by atoms with Crippen molar-refractivity contribution in [3.63, 3.8) is 0 Å². The van der Waals surface area contributed by atoms with Crippen LogP contribution < -0.4 is 5.32 Å². The zero-order valence-corrected chi connectivity index (χ0v) is 19.8. The van der Waals surface area contributed by atoms with Gasteiger partial charge in [0.1, 0.15) is 5.75 Å². The molecule has 182 valence electrons. The van der Waals surface area contributed by atoms with Gasteiger partial charge in [0, 0.05) is 23.1 Å². The molecule has 2 aromatic rings. The minimum Gasteiger partial charge on any atom is -0.508 e. The van der Waals surface area contributed by atoms with E-state index in [4.69, 9.17) is 16.3 Å². The lowest BCUT2D eigenvalue weighted by atomic mass is 9.76. The number of ether oxygens (including phenoxy) is 1. The predicted molar refractivity (Wildman–Crippen MR) is 131 cm³/mol. The van der Waals surface area contributed by atoms with Crippen molar-refractivity contribution in [3.05, 3.63) is 88.5 Å². The number of phenolic OH excluding ortho intramolecular Hbond substituents is 1. The highest BCUT2D eigenvalue weighted by molar-refractivity contribution is 6.31. The largest absolute Gasteiger partial charge is 0.508 e. The fraction of sp³-hybridized carbons (Fsp3) is 0.333. The molecule has 1 saturated heterocycles. The summed E-state index contributed by atoms with van der Waals surface area (Å²) in [6.45, 7) is 0.743. The zero-order chi connectivity index (χ0) is 24.5. The van der Waals surface area contributed by atoms with Gasteiger partial charge in [-0.05, 0) is 41.8 Å². The third-order valence-electron chi connectivity index (χ3n) is 6.96. The maximum absolute atomic E-state index is 13.7. The Labute approximate surface area is 208 Å². The average Bonchev–Trinajstić information content (AvgIpc) is 3.48. The van der Waals surface area contributed by atoms with Gasteiger partial charge in [0.25, 0.3) is 5.91 Å². The fourth-order valence-corrected chi connectivity index (χ4v) is 5.49. The van der Waals surface area contributed by atoms with E-state index in [9.17, 15) is 19.8 Å². The highest BCUT2D eigenvalue weighted by Gasteiger charge is 2.50. The normalized spacial score (nSPS) is 27.6. The molecular formula is C27H27ClN2O5. The lowest BCUT2D eigenvalue weighted by Crippen LogP contribution is -2.60. The van der Waals surface area contributed by atoms with E-state index >= 15 is 0 Å². The molecule has 5 atom stereocenters. The monoisotopic (exact) mass is 494 g/mol. The van der Waals surface area contributed by atoms with Crippen LogP contribution in [0.5, 0.6) is 5.75 Å². The van der Waals surface area contributed by atoms with Crippen LogP contribution in [-0.4, -0.2) is 64.9 Å². The van der Waals surface area contributed by atoms with Crippen LogP contribution in [0.4, 0.5) is 0 Å². The van der Waals surface area contributed by atoms with E-state index in [0.717, 1.165) is 5.56 Å². The molecule has 0 bridgehead atoms. The van der Waals surface area contributed by atoms with Gasteiger partial charge in [-0.25, -0.2) is 0 Å². The maximum atomic E-state index is 13.7. The lowest BCUT2D eigenvalue weighted by Gasteiger charge is -2.46. The van der Waals surface area contributed by atoms with Crippen molar-refractivity contribution in [2.75, 3.05) is 19.8 Å². The van der Waals surface area contributed by atoms with E-state index in [1.807, 2.05) is 36.4 Å². The molecule has 0 aromatic heterocycles. The first kappa shape index (κ1) is 23.6. The fourth-order valence-electron chi connectivity index (χ4n) is 5.27. The van der Waals surface area contributed by atoms with E-state index < -0.39 is 24.1 Å². The number of rotatable bonds is 6. The van der Waals surface area contributed by atoms with Crippen molar-refractivity contribution in [2.45, 2.75) is 30.5 Å². The lowest BCUT2D eigenvalue weighted by molar-refractivity contribution is -0.124. The summed E-state index contributed by atoms with van der Waals surface area (Å²) < 4.78 is 5.49. The highest BCUT2D eigenvalue weighted by Crippen LogP contribution is 2.42. The molecule has 5 unspecified atom stereocenters. The van der Waals surface area contributed by atoms with Crippen molar-refractivity contribution >= 4 is 23.4 Å². The first-order valence-corrected chi connectivity index (χ1v) is 12.1. The van der Waals surface area contributed by atoms with Crippen LogP contribution in [0.3, 0.4) is 0 Å². The summed E-state index contributed by atoms with van der Waals surface area (Å²) in [4.78, 5) is 29.1.